The molecule has 2 bridgehead atoms. The van der Waals surface area contributed by atoms with Crippen molar-refractivity contribution in [2.75, 3.05) is 5.73 Å². The molecule has 4 rings (SSSR count). The molecule has 0 atom stereocenters. The van der Waals surface area contributed by atoms with Crippen LogP contribution in [-0.4, -0.2) is 26.1 Å². The second-order valence-corrected chi connectivity index (χ2v) is 5.53. The van der Waals surface area contributed by atoms with Crippen LogP contribution < -0.4 is 5.73 Å². The summed E-state index contributed by atoms with van der Waals surface area (Å²) in [6.07, 6.45) is 3.10. The number of aromatic nitrogens is 4. The molecule has 8 heteroatoms. The number of nitrogens with two attached hydrogens (primary N) is 1. The van der Waals surface area contributed by atoms with E-state index in [1.54, 1.807) is 0 Å². The summed E-state index contributed by atoms with van der Waals surface area (Å²) in [5.74, 6) is 0.829. The average molecular weight is 265 g/mol. The van der Waals surface area contributed by atoms with Gasteiger partial charge in [-0.2, -0.15) is 4.98 Å². The van der Waals surface area contributed by atoms with Gasteiger partial charge >= 0.3 is 0 Å². The Hall–Kier alpha value is -1.99. The van der Waals surface area contributed by atoms with Crippen LogP contribution >= 0.6 is 0 Å². The van der Waals surface area contributed by atoms with Gasteiger partial charge < -0.3 is 10.3 Å². The zero-order chi connectivity index (χ0) is 13.1. The highest BCUT2D eigenvalue weighted by Gasteiger charge is 2.58. The van der Waals surface area contributed by atoms with Crippen molar-refractivity contribution in [2.45, 2.75) is 43.2 Å². The van der Waals surface area contributed by atoms with Gasteiger partial charge in [0, 0.05) is 0 Å². The number of halogens is 1. The highest BCUT2D eigenvalue weighted by molar-refractivity contribution is 5.61. The first-order valence-corrected chi connectivity index (χ1v) is 6.22. The molecule has 2 aromatic heterocycles. The van der Waals surface area contributed by atoms with Crippen molar-refractivity contribution in [1.82, 2.24) is 20.5 Å². The molecule has 7 nitrogen and oxygen atoms in total. The van der Waals surface area contributed by atoms with Gasteiger partial charge in [0.15, 0.2) is 11.5 Å². The first-order chi connectivity index (χ1) is 9.10. The Morgan fingerprint density at radius 3 is 2.47 bits per heavy atom. The van der Waals surface area contributed by atoms with Crippen molar-refractivity contribution in [3.8, 4) is 11.5 Å². The Morgan fingerprint density at radius 1 is 1.11 bits per heavy atom. The van der Waals surface area contributed by atoms with Crippen LogP contribution in [-0.2, 0) is 5.41 Å². The van der Waals surface area contributed by atoms with Gasteiger partial charge in [0.05, 0.1) is 5.41 Å². The molecule has 0 radical (unpaired) electrons. The van der Waals surface area contributed by atoms with E-state index in [4.69, 9.17) is 10.3 Å². The number of nitrogen functional groups attached to an aromatic ring is 1. The van der Waals surface area contributed by atoms with E-state index in [-0.39, 0.29) is 22.8 Å². The first-order valence-electron chi connectivity index (χ1n) is 6.22. The Labute approximate surface area is 107 Å². The fraction of sp³-hybridized carbons (Fsp3) is 0.636. The van der Waals surface area contributed by atoms with Crippen LogP contribution in [0.1, 0.15) is 38.0 Å². The number of fused-ring (bicyclic) bond motifs is 2. The molecule has 0 aromatic carbocycles. The van der Waals surface area contributed by atoms with Crippen molar-refractivity contribution in [3.05, 3.63) is 5.89 Å². The Bertz CT molecular complexity index is 629. The third-order valence-electron chi connectivity index (χ3n) is 4.36. The van der Waals surface area contributed by atoms with E-state index in [0.29, 0.717) is 25.2 Å². The van der Waals surface area contributed by atoms with E-state index in [0.717, 1.165) is 12.8 Å². The van der Waals surface area contributed by atoms with E-state index < -0.39 is 5.67 Å². The summed E-state index contributed by atoms with van der Waals surface area (Å²) >= 11 is 0. The molecule has 19 heavy (non-hydrogen) atoms. The molecule has 0 saturated heterocycles. The maximum Gasteiger partial charge on any atom is 0.233 e. The number of alkyl halides is 1. The van der Waals surface area contributed by atoms with E-state index in [1.807, 2.05) is 0 Å². The minimum absolute atomic E-state index is 0.113. The number of rotatable bonds is 2. The first kappa shape index (κ1) is 10.9. The fourth-order valence-electron chi connectivity index (χ4n) is 3.31. The van der Waals surface area contributed by atoms with Gasteiger partial charge in [0.25, 0.3) is 0 Å². The van der Waals surface area contributed by atoms with E-state index in [9.17, 15) is 4.39 Å². The van der Waals surface area contributed by atoms with Crippen molar-refractivity contribution >= 4 is 5.82 Å². The molecule has 0 aliphatic heterocycles. The molecule has 100 valence electrons. The minimum atomic E-state index is -1.05. The van der Waals surface area contributed by atoms with Crippen LogP contribution in [0.4, 0.5) is 10.2 Å². The number of nitrogens with zero attached hydrogens (tertiary/aromatic N) is 4. The largest absolute Gasteiger partial charge is 0.379 e. The maximum absolute atomic E-state index is 14.2. The standard InChI is InChI=1S/C11H12FN5O2/c12-11-3-1-10(5-11,2-4-11)9-14-8(17-18-9)6-7(13)16-19-15-6/h1-5H2,(H2,13,16). The predicted molar refractivity (Wildman–Crippen MR) is 60.6 cm³/mol. The summed E-state index contributed by atoms with van der Waals surface area (Å²) in [7, 11) is 0. The Morgan fingerprint density at radius 2 is 1.89 bits per heavy atom. The molecule has 2 heterocycles. The molecular weight excluding hydrogens is 253 g/mol. The smallest absolute Gasteiger partial charge is 0.233 e. The normalized spacial score (nSPS) is 33.1. The summed E-state index contributed by atoms with van der Waals surface area (Å²) in [6.45, 7) is 0. The second-order valence-electron chi connectivity index (χ2n) is 5.53. The second kappa shape index (κ2) is 3.31. The zero-order valence-electron chi connectivity index (χ0n) is 10.1. The van der Waals surface area contributed by atoms with Crippen LogP contribution in [0.25, 0.3) is 11.5 Å². The lowest BCUT2D eigenvalue weighted by molar-refractivity contribution is 0.176. The van der Waals surface area contributed by atoms with Gasteiger partial charge in [0.2, 0.25) is 11.7 Å². The minimum Gasteiger partial charge on any atom is -0.379 e. The molecule has 2 N–H and O–H groups in total. The van der Waals surface area contributed by atoms with Crippen LogP contribution in [0.15, 0.2) is 9.15 Å². The number of hydrogen-bond donors (Lipinski definition) is 1. The topological polar surface area (TPSA) is 104 Å². The third-order valence-corrected chi connectivity index (χ3v) is 4.36. The highest BCUT2D eigenvalue weighted by atomic mass is 19.1. The van der Waals surface area contributed by atoms with Crippen LogP contribution in [0.3, 0.4) is 0 Å². The summed E-state index contributed by atoms with van der Waals surface area (Å²) in [6, 6.07) is 0. The van der Waals surface area contributed by atoms with E-state index >= 15 is 0 Å². The lowest BCUT2D eigenvalue weighted by Gasteiger charge is -2.20. The molecule has 2 aromatic rings. The van der Waals surface area contributed by atoms with Gasteiger partial charge in [-0.15, -0.1) is 0 Å². The molecule has 0 unspecified atom stereocenters. The van der Waals surface area contributed by atoms with E-state index in [1.165, 1.54) is 0 Å². The lowest BCUT2D eigenvalue weighted by atomic mass is 9.84. The van der Waals surface area contributed by atoms with Crippen LogP contribution in [0.5, 0.6) is 0 Å². The maximum atomic E-state index is 14.2. The van der Waals surface area contributed by atoms with E-state index in [2.05, 4.69) is 25.1 Å². The van der Waals surface area contributed by atoms with Crippen LogP contribution in [0, 0.1) is 0 Å². The summed E-state index contributed by atoms with van der Waals surface area (Å²) in [4.78, 5) is 4.31. The lowest BCUT2D eigenvalue weighted by Crippen LogP contribution is -2.20. The molecule has 0 spiro atoms. The highest BCUT2D eigenvalue weighted by Crippen LogP contribution is 2.58. The summed E-state index contributed by atoms with van der Waals surface area (Å²) < 4.78 is 24.0. The zero-order valence-corrected chi connectivity index (χ0v) is 10.1. The molecule has 0 amide bonds. The fourth-order valence-corrected chi connectivity index (χ4v) is 3.31. The van der Waals surface area contributed by atoms with Gasteiger partial charge in [-0.05, 0) is 42.4 Å². The van der Waals surface area contributed by atoms with Crippen LogP contribution in [0.2, 0.25) is 0 Å². The molecule has 2 fully saturated rings. The van der Waals surface area contributed by atoms with Gasteiger partial charge in [-0.1, -0.05) is 5.16 Å². The van der Waals surface area contributed by atoms with Crippen molar-refractivity contribution < 1.29 is 13.5 Å². The van der Waals surface area contributed by atoms with Crippen molar-refractivity contribution in [3.63, 3.8) is 0 Å². The summed E-state index contributed by atoms with van der Waals surface area (Å²) in [5, 5.41) is 10.9. The third kappa shape index (κ3) is 1.42. The van der Waals surface area contributed by atoms with Gasteiger partial charge in [0.1, 0.15) is 5.67 Å². The SMILES string of the molecule is Nc1nonc1-c1noc(C23CCC(F)(CC2)C3)n1. The van der Waals surface area contributed by atoms with Gasteiger partial charge in [-0.3, -0.25) is 0 Å². The van der Waals surface area contributed by atoms with Crippen molar-refractivity contribution in [1.29, 1.82) is 0 Å². The summed E-state index contributed by atoms with van der Waals surface area (Å²) in [5.41, 5.74) is 4.47. The molecule has 2 aliphatic carbocycles. The quantitative estimate of drug-likeness (QED) is 0.879. The van der Waals surface area contributed by atoms with Crippen molar-refractivity contribution in [2.24, 2.45) is 0 Å². The average Bonchev–Trinajstić information content (AvgIpc) is 3.09. The number of hydrogen-bond acceptors (Lipinski definition) is 7. The monoisotopic (exact) mass is 265 g/mol. The Balaban J connectivity index is 1.71. The van der Waals surface area contributed by atoms with Gasteiger partial charge in [-0.25, -0.2) is 9.02 Å². The molecule has 2 aliphatic rings. The number of anilines is 1. The Kier molecular flexibility index (Phi) is 1.90. The molecular formula is C11H12FN5O2. The molecule has 2 saturated carbocycles. The predicted octanol–water partition coefficient (Wildman–Crippen LogP) is 1.63.